The molecule has 1 aliphatic heterocycles. The Labute approximate surface area is 134 Å². The Morgan fingerprint density at radius 2 is 2.23 bits per heavy atom. The molecule has 0 saturated carbocycles. The Kier molecular flexibility index (Phi) is 4.11. The number of rotatable bonds is 3. The highest BCUT2D eigenvalue weighted by molar-refractivity contribution is 7.09. The van der Waals surface area contributed by atoms with Crippen molar-refractivity contribution in [3.8, 4) is 0 Å². The highest BCUT2D eigenvalue weighted by atomic mass is 32.1. The number of carbonyl (C=O) groups excluding carboxylic acids is 1. The largest absolute Gasteiger partial charge is 0.330 e. The minimum absolute atomic E-state index is 0.0344. The first-order valence-corrected chi connectivity index (χ1v) is 8.33. The maximum atomic E-state index is 12.8. The third-order valence-electron chi connectivity index (χ3n) is 4.17. The van der Waals surface area contributed by atoms with Crippen molar-refractivity contribution in [1.82, 2.24) is 9.36 Å². The van der Waals surface area contributed by atoms with Gasteiger partial charge in [-0.2, -0.15) is 4.37 Å². The summed E-state index contributed by atoms with van der Waals surface area (Å²) in [6, 6.07) is 7.72. The van der Waals surface area contributed by atoms with Gasteiger partial charge in [-0.15, -0.1) is 0 Å². The maximum absolute atomic E-state index is 12.8. The third-order valence-corrected chi connectivity index (χ3v) is 5.01. The molecular weight excluding hydrogens is 296 g/mol. The maximum Gasteiger partial charge on any atom is 0.247 e. The molecule has 1 aromatic carbocycles. The van der Waals surface area contributed by atoms with Crippen LogP contribution in [0.2, 0.25) is 0 Å². The molecule has 2 aromatic rings. The molecule has 5 nitrogen and oxygen atoms in total. The summed E-state index contributed by atoms with van der Waals surface area (Å²) in [6.07, 6.45) is 0.933. The molecule has 3 rings (SSSR count). The number of aromatic nitrogens is 2. The molecule has 0 saturated heterocycles. The predicted molar refractivity (Wildman–Crippen MR) is 89.1 cm³/mol. The number of para-hydroxylation sites is 1. The highest BCUT2D eigenvalue weighted by Gasteiger charge is 2.35. The number of aryl methyl sites for hydroxylation is 1. The number of hydrogen-bond acceptors (Lipinski definition) is 5. The van der Waals surface area contributed by atoms with Crippen LogP contribution in [0.1, 0.15) is 31.7 Å². The molecule has 2 heterocycles. The van der Waals surface area contributed by atoms with E-state index in [0.717, 1.165) is 28.6 Å². The number of fused-ring (bicyclic) bond motifs is 1. The van der Waals surface area contributed by atoms with Crippen molar-refractivity contribution < 1.29 is 4.79 Å². The van der Waals surface area contributed by atoms with Gasteiger partial charge in [0.1, 0.15) is 11.9 Å². The lowest BCUT2D eigenvalue weighted by atomic mass is 9.97. The van der Waals surface area contributed by atoms with Gasteiger partial charge < -0.3 is 10.2 Å². The Morgan fingerprint density at radius 1 is 1.45 bits per heavy atom. The molecule has 2 unspecified atom stereocenters. The number of nitrogens with zero attached hydrogens (tertiary/aromatic N) is 3. The van der Waals surface area contributed by atoms with Crippen LogP contribution in [0.25, 0.3) is 0 Å². The van der Waals surface area contributed by atoms with Gasteiger partial charge in [0.2, 0.25) is 11.0 Å². The molecule has 6 heteroatoms. The van der Waals surface area contributed by atoms with Crippen molar-refractivity contribution in [2.45, 2.75) is 39.8 Å². The summed E-state index contributed by atoms with van der Waals surface area (Å²) in [5.41, 5.74) is 2.00. The summed E-state index contributed by atoms with van der Waals surface area (Å²) >= 11 is 1.36. The fourth-order valence-electron chi connectivity index (χ4n) is 2.79. The second-order valence-electron chi connectivity index (χ2n) is 5.73. The molecular formula is C16H20N4OS. The molecule has 1 aromatic heterocycles. The molecule has 0 bridgehead atoms. The van der Waals surface area contributed by atoms with E-state index in [4.69, 9.17) is 0 Å². The zero-order valence-electron chi connectivity index (χ0n) is 13.0. The Balaban J connectivity index is 2.06. The summed E-state index contributed by atoms with van der Waals surface area (Å²) in [6.45, 7) is 6.77. The van der Waals surface area contributed by atoms with Crippen molar-refractivity contribution in [2.75, 3.05) is 10.2 Å². The molecule has 1 aliphatic rings. The van der Waals surface area contributed by atoms with Crippen molar-refractivity contribution in [2.24, 2.45) is 5.92 Å². The first-order valence-electron chi connectivity index (χ1n) is 7.56. The van der Waals surface area contributed by atoms with Crippen LogP contribution in [0.3, 0.4) is 0 Å². The number of amides is 1. The van der Waals surface area contributed by atoms with Crippen LogP contribution in [-0.2, 0) is 11.3 Å². The Morgan fingerprint density at radius 3 is 2.91 bits per heavy atom. The molecule has 0 radical (unpaired) electrons. The summed E-state index contributed by atoms with van der Waals surface area (Å²) < 4.78 is 4.28. The van der Waals surface area contributed by atoms with Crippen LogP contribution >= 0.6 is 11.5 Å². The Hall–Kier alpha value is -1.95. The van der Waals surface area contributed by atoms with Gasteiger partial charge in [0, 0.05) is 23.8 Å². The van der Waals surface area contributed by atoms with E-state index in [9.17, 15) is 4.79 Å². The number of benzene rings is 1. The number of hydrogen-bond donors (Lipinski definition) is 1. The number of carbonyl (C=O) groups is 1. The molecule has 1 N–H and O–H groups in total. The summed E-state index contributed by atoms with van der Waals surface area (Å²) in [7, 11) is 0. The topological polar surface area (TPSA) is 58.1 Å². The van der Waals surface area contributed by atoms with Crippen molar-refractivity contribution in [3.05, 3.63) is 35.7 Å². The Bertz CT molecular complexity index is 684. The average Bonchev–Trinajstić information content (AvgIpc) is 2.87. The predicted octanol–water partition coefficient (Wildman–Crippen LogP) is 3.22. The van der Waals surface area contributed by atoms with Gasteiger partial charge in [0.15, 0.2) is 0 Å². The first kappa shape index (κ1) is 15.0. The van der Waals surface area contributed by atoms with Gasteiger partial charge in [-0.1, -0.05) is 38.5 Å². The monoisotopic (exact) mass is 316 g/mol. The average molecular weight is 316 g/mol. The van der Waals surface area contributed by atoms with Crippen molar-refractivity contribution in [1.29, 1.82) is 0 Å². The van der Waals surface area contributed by atoms with Crippen LogP contribution in [0.4, 0.5) is 10.8 Å². The van der Waals surface area contributed by atoms with E-state index in [1.54, 1.807) is 0 Å². The van der Waals surface area contributed by atoms with E-state index in [-0.39, 0.29) is 17.9 Å². The third kappa shape index (κ3) is 2.70. The van der Waals surface area contributed by atoms with Gasteiger partial charge >= 0.3 is 0 Å². The lowest BCUT2D eigenvalue weighted by molar-refractivity contribution is -0.118. The van der Waals surface area contributed by atoms with Crippen LogP contribution in [0, 0.1) is 12.8 Å². The molecule has 2 atom stereocenters. The number of nitrogens with one attached hydrogen (secondary N) is 1. The van der Waals surface area contributed by atoms with E-state index < -0.39 is 0 Å². The lowest BCUT2D eigenvalue weighted by Crippen LogP contribution is -2.46. The summed E-state index contributed by atoms with van der Waals surface area (Å²) in [5.74, 6) is 1.02. The van der Waals surface area contributed by atoms with Crippen molar-refractivity contribution in [3.63, 3.8) is 0 Å². The highest BCUT2D eigenvalue weighted by Crippen LogP contribution is 2.31. The van der Waals surface area contributed by atoms with Crippen molar-refractivity contribution >= 4 is 28.3 Å². The number of anilines is 2. The summed E-state index contributed by atoms with van der Waals surface area (Å²) in [5, 5.41) is 3.88. The van der Waals surface area contributed by atoms with E-state index in [0.29, 0.717) is 6.54 Å². The molecule has 0 fully saturated rings. The van der Waals surface area contributed by atoms with Gasteiger partial charge in [-0.3, -0.25) is 4.79 Å². The molecule has 22 heavy (non-hydrogen) atoms. The van der Waals surface area contributed by atoms with Crippen LogP contribution in [0.15, 0.2) is 24.3 Å². The van der Waals surface area contributed by atoms with Gasteiger partial charge in [-0.25, -0.2) is 4.98 Å². The second-order valence-corrected chi connectivity index (χ2v) is 6.46. The van der Waals surface area contributed by atoms with Gasteiger partial charge in [-0.05, 0) is 24.5 Å². The van der Waals surface area contributed by atoms with E-state index in [1.807, 2.05) is 25.1 Å². The van der Waals surface area contributed by atoms with Crippen LogP contribution in [0.5, 0.6) is 0 Å². The minimum Gasteiger partial charge on any atom is -0.330 e. The lowest BCUT2D eigenvalue weighted by Gasteiger charge is -2.31. The summed E-state index contributed by atoms with van der Waals surface area (Å²) in [4.78, 5) is 19.4. The standard InChI is InChI=1S/C16H20N4OS/c1-4-10(2)14-15(21)18-13-8-6-5-7-12(13)9-20(14)16-17-11(3)19-22-16/h5-8,10,14H,4,9H2,1-3H3,(H,18,21). The fourth-order valence-corrected chi connectivity index (χ4v) is 3.50. The SMILES string of the molecule is CCC(C)C1C(=O)Nc2ccccc2CN1c1nc(C)ns1. The smallest absolute Gasteiger partial charge is 0.247 e. The van der Waals surface area contributed by atoms with Gasteiger partial charge in [0.25, 0.3) is 0 Å². The van der Waals surface area contributed by atoms with Crippen LogP contribution in [-0.4, -0.2) is 21.3 Å². The zero-order valence-corrected chi connectivity index (χ0v) is 13.9. The molecule has 1 amide bonds. The zero-order chi connectivity index (χ0) is 15.7. The van der Waals surface area contributed by atoms with E-state index in [2.05, 4.69) is 39.5 Å². The molecule has 0 aliphatic carbocycles. The first-order chi connectivity index (χ1) is 10.6. The van der Waals surface area contributed by atoms with Crippen LogP contribution < -0.4 is 10.2 Å². The quantitative estimate of drug-likeness (QED) is 0.944. The molecule has 0 spiro atoms. The van der Waals surface area contributed by atoms with Gasteiger partial charge in [0.05, 0.1) is 0 Å². The normalized spacial score (nSPS) is 19.3. The molecule has 116 valence electrons. The van der Waals surface area contributed by atoms with E-state index in [1.165, 1.54) is 11.5 Å². The second kappa shape index (κ2) is 6.04. The fraction of sp³-hybridized carbons (Fsp3) is 0.438. The van der Waals surface area contributed by atoms with E-state index >= 15 is 0 Å². The minimum atomic E-state index is -0.232.